The highest BCUT2D eigenvalue weighted by Gasteiger charge is 2.21. The van der Waals surface area contributed by atoms with Gasteiger partial charge in [-0.25, -0.2) is 0 Å². The molecule has 0 spiro atoms. The fourth-order valence-corrected chi connectivity index (χ4v) is 2.78. The number of fused-ring (bicyclic) bond motifs is 1. The van der Waals surface area contributed by atoms with E-state index in [0.717, 1.165) is 42.3 Å². The molecule has 1 aliphatic rings. The molecule has 18 heavy (non-hydrogen) atoms. The van der Waals surface area contributed by atoms with Gasteiger partial charge in [-0.15, -0.1) is 0 Å². The number of nitrogens with two attached hydrogens (primary N) is 1. The molecule has 3 N–H and O–H groups in total. The molecule has 0 unspecified atom stereocenters. The van der Waals surface area contributed by atoms with E-state index in [1.54, 1.807) is 6.20 Å². The van der Waals surface area contributed by atoms with Gasteiger partial charge in [0.2, 0.25) is 0 Å². The first kappa shape index (κ1) is 11.8. The highest BCUT2D eigenvalue weighted by molar-refractivity contribution is 6.36. The predicted molar refractivity (Wildman–Crippen MR) is 72.0 cm³/mol. The van der Waals surface area contributed by atoms with Crippen LogP contribution in [0, 0.1) is 0 Å². The monoisotopic (exact) mass is 265 g/mol. The number of nitrogens with one attached hydrogen (secondary N) is 1. The molecule has 2 atom stereocenters. The Labute approximate surface area is 110 Å². The van der Waals surface area contributed by atoms with Gasteiger partial charge in [-0.2, -0.15) is 5.10 Å². The molecule has 0 bridgehead atoms. The molecule has 1 fully saturated rings. The topological polar surface area (TPSA) is 63.9 Å². The van der Waals surface area contributed by atoms with Gasteiger partial charge in [-0.05, 0) is 37.8 Å². The second-order valence-corrected chi connectivity index (χ2v) is 5.25. The van der Waals surface area contributed by atoms with E-state index >= 15 is 0 Å². The van der Waals surface area contributed by atoms with E-state index in [2.05, 4.69) is 10.2 Å². The summed E-state index contributed by atoms with van der Waals surface area (Å²) in [6, 6.07) is 4.08. The number of hydrogen-bond acceptors (Lipinski definition) is 3. The zero-order valence-corrected chi connectivity index (χ0v) is 10.8. The molecular weight excluding hydrogens is 250 g/mol. The highest BCUT2D eigenvalue weighted by atomic mass is 35.5. The van der Waals surface area contributed by atoms with Crippen molar-refractivity contribution in [2.75, 3.05) is 0 Å². The first-order valence-corrected chi connectivity index (χ1v) is 6.65. The van der Waals surface area contributed by atoms with Gasteiger partial charge >= 0.3 is 0 Å². The van der Waals surface area contributed by atoms with Crippen molar-refractivity contribution >= 4 is 22.5 Å². The van der Waals surface area contributed by atoms with Crippen molar-refractivity contribution in [3.8, 4) is 5.75 Å². The summed E-state index contributed by atoms with van der Waals surface area (Å²) in [5.41, 5.74) is 6.89. The number of aromatic nitrogens is 2. The number of nitrogens with zero attached hydrogens (tertiary/aromatic N) is 1. The molecule has 2 aromatic rings. The van der Waals surface area contributed by atoms with E-state index in [9.17, 15) is 0 Å². The summed E-state index contributed by atoms with van der Waals surface area (Å²) in [6.45, 7) is 0. The molecule has 1 aliphatic carbocycles. The van der Waals surface area contributed by atoms with Crippen LogP contribution in [-0.2, 0) is 0 Å². The highest BCUT2D eigenvalue weighted by Crippen LogP contribution is 2.34. The third-order valence-electron chi connectivity index (χ3n) is 3.48. The van der Waals surface area contributed by atoms with Crippen LogP contribution >= 0.6 is 11.6 Å². The fourth-order valence-electron chi connectivity index (χ4n) is 2.52. The number of hydrogen-bond donors (Lipinski definition) is 2. The predicted octanol–water partition coefficient (Wildman–Crippen LogP) is 2.87. The molecule has 1 heterocycles. The Bertz CT molecular complexity index is 554. The molecule has 96 valence electrons. The minimum absolute atomic E-state index is 0.176. The average Bonchev–Trinajstić information content (AvgIpc) is 2.82. The van der Waals surface area contributed by atoms with Crippen molar-refractivity contribution in [2.24, 2.45) is 5.73 Å². The smallest absolute Gasteiger partial charge is 0.139 e. The summed E-state index contributed by atoms with van der Waals surface area (Å²) in [5.74, 6) is 0.727. The van der Waals surface area contributed by atoms with Crippen molar-refractivity contribution in [1.82, 2.24) is 10.2 Å². The van der Waals surface area contributed by atoms with Crippen molar-refractivity contribution in [3.63, 3.8) is 0 Å². The minimum atomic E-state index is 0.176. The van der Waals surface area contributed by atoms with E-state index in [1.807, 2.05) is 12.1 Å². The Hall–Kier alpha value is -1.26. The summed E-state index contributed by atoms with van der Waals surface area (Å²) in [6.07, 6.45) is 6.06. The average molecular weight is 266 g/mol. The number of halogens is 1. The molecule has 3 rings (SSSR count). The maximum Gasteiger partial charge on any atom is 0.139 e. The van der Waals surface area contributed by atoms with Crippen LogP contribution in [0.2, 0.25) is 5.02 Å². The molecule has 4 nitrogen and oxygen atoms in total. The number of H-pyrrole nitrogens is 1. The molecule has 1 saturated carbocycles. The molecule has 0 saturated heterocycles. The second kappa shape index (κ2) is 4.78. The Balaban J connectivity index is 1.83. The van der Waals surface area contributed by atoms with Gasteiger partial charge in [0.05, 0.1) is 16.7 Å². The van der Waals surface area contributed by atoms with E-state index < -0.39 is 0 Å². The first-order chi connectivity index (χ1) is 8.74. The zero-order valence-electron chi connectivity index (χ0n) is 10.0. The van der Waals surface area contributed by atoms with Crippen LogP contribution in [0.1, 0.15) is 25.7 Å². The van der Waals surface area contributed by atoms with Gasteiger partial charge < -0.3 is 10.5 Å². The number of benzene rings is 1. The maximum atomic E-state index is 6.32. The maximum absolute atomic E-state index is 6.32. The first-order valence-electron chi connectivity index (χ1n) is 6.28. The van der Waals surface area contributed by atoms with Gasteiger partial charge in [0, 0.05) is 11.4 Å². The molecule has 1 aromatic heterocycles. The quantitative estimate of drug-likeness (QED) is 0.878. The molecule has 5 heteroatoms. The van der Waals surface area contributed by atoms with Crippen LogP contribution in [0.3, 0.4) is 0 Å². The Morgan fingerprint density at radius 2 is 2.28 bits per heavy atom. The lowest BCUT2D eigenvalue weighted by molar-refractivity contribution is 0.145. The molecule has 0 amide bonds. The molecular formula is C13H16ClN3O. The lowest BCUT2D eigenvalue weighted by Gasteiger charge is -2.27. The van der Waals surface area contributed by atoms with Crippen molar-refractivity contribution < 1.29 is 4.74 Å². The lowest BCUT2D eigenvalue weighted by Crippen LogP contribution is -2.33. The third-order valence-corrected chi connectivity index (χ3v) is 3.87. The van der Waals surface area contributed by atoms with E-state index in [0.29, 0.717) is 5.02 Å². The number of rotatable bonds is 2. The van der Waals surface area contributed by atoms with Gasteiger partial charge in [-0.3, -0.25) is 5.10 Å². The SMILES string of the molecule is N[C@@H]1CCC[C@@H](Oc2ccc3[nH]ncc3c2Cl)C1. The van der Waals surface area contributed by atoms with Crippen molar-refractivity contribution in [2.45, 2.75) is 37.8 Å². The minimum Gasteiger partial charge on any atom is -0.489 e. The number of ether oxygens (including phenoxy) is 1. The van der Waals surface area contributed by atoms with Crippen LogP contribution < -0.4 is 10.5 Å². The summed E-state index contributed by atoms with van der Waals surface area (Å²) >= 11 is 6.32. The van der Waals surface area contributed by atoms with Crippen LogP contribution in [-0.4, -0.2) is 22.3 Å². The van der Waals surface area contributed by atoms with Crippen LogP contribution in [0.5, 0.6) is 5.75 Å². The summed E-state index contributed by atoms with van der Waals surface area (Å²) in [4.78, 5) is 0. The molecule has 0 radical (unpaired) electrons. The fraction of sp³-hybridized carbons (Fsp3) is 0.462. The van der Waals surface area contributed by atoms with E-state index in [1.165, 1.54) is 0 Å². The largest absolute Gasteiger partial charge is 0.489 e. The van der Waals surface area contributed by atoms with Gasteiger partial charge in [0.1, 0.15) is 11.9 Å². The number of aromatic amines is 1. The summed E-state index contributed by atoms with van der Waals surface area (Å²) < 4.78 is 5.98. The van der Waals surface area contributed by atoms with Gasteiger partial charge in [0.15, 0.2) is 0 Å². The lowest BCUT2D eigenvalue weighted by atomic mass is 9.93. The normalized spacial score (nSPS) is 24.3. The van der Waals surface area contributed by atoms with Crippen molar-refractivity contribution in [1.29, 1.82) is 0 Å². The molecule has 0 aliphatic heterocycles. The van der Waals surface area contributed by atoms with Crippen molar-refractivity contribution in [3.05, 3.63) is 23.4 Å². The van der Waals surface area contributed by atoms with E-state index in [4.69, 9.17) is 22.1 Å². The second-order valence-electron chi connectivity index (χ2n) is 4.88. The van der Waals surface area contributed by atoms with Crippen LogP contribution in [0.4, 0.5) is 0 Å². The Kier molecular flexibility index (Phi) is 3.14. The van der Waals surface area contributed by atoms with Gasteiger partial charge in [-0.1, -0.05) is 11.6 Å². The van der Waals surface area contributed by atoms with Gasteiger partial charge in [0.25, 0.3) is 0 Å². The molecule has 1 aromatic carbocycles. The zero-order chi connectivity index (χ0) is 12.5. The summed E-state index contributed by atoms with van der Waals surface area (Å²) in [7, 11) is 0. The van der Waals surface area contributed by atoms with Crippen LogP contribution in [0.25, 0.3) is 10.9 Å². The Morgan fingerprint density at radius 1 is 1.39 bits per heavy atom. The Morgan fingerprint density at radius 3 is 3.11 bits per heavy atom. The van der Waals surface area contributed by atoms with E-state index in [-0.39, 0.29) is 12.1 Å². The summed E-state index contributed by atoms with van der Waals surface area (Å²) in [5, 5.41) is 8.39. The standard InChI is InChI=1S/C13H16ClN3O/c14-13-10-7-16-17-11(10)4-5-12(13)18-9-3-1-2-8(15)6-9/h4-5,7-9H,1-3,6,15H2,(H,16,17)/t8-,9-/m1/s1. The van der Waals surface area contributed by atoms with Crippen LogP contribution in [0.15, 0.2) is 18.3 Å². The third kappa shape index (κ3) is 2.18.